The minimum Gasteiger partial charge on any atom is -0.399 e. The minimum atomic E-state index is -0.0665. The third kappa shape index (κ3) is 2.78. The van der Waals surface area contributed by atoms with Crippen molar-refractivity contribution in [2.45, 2.75) is 6.54 Å². The Hall–Kier alpha value is -2.08. The van der Waals surface area contributed by atoms with Gasteiger partial charge in [-0.3, -0.25) is 4.79 Å². The summed E-state index contributed by atoms with van der Waals surface area (Å²) in [5, 5.41) is 2.76. The fourth-order valence-corrected chi connectivity index (χ4v) is 1.71. The maximum absolute atomic E-state index is 11.7. The van der Waals surface area contributed by atoms with Crippen LogP contribution in [0, 0.1) is 0 Å². The number of benzene rings is 1. The molecule has 18 heavy (non-hydrogen) atoms. The molecule has 0 aliphatic heterocycles. The molecule has 0 radical (unpaired) electrons. The second-order valence-electron chi connectivity index (χ2n) is 3.96. The first kappa shape index (κ1) is 12.4. The van der Waals surface area contributed by atoms with Crippen molar-refractivity contribution in [2.24, 2.45) is 0 Å². The third-order valence-corrected chi connectivity index (χ3v) is 2.59. The number of carbonyl (C=O) groups excluding carboxylic acids is 1. The SMILES string of the molecule is COCCNC(=O)Cn1cnc2cc(N)ccc21. The minimum absolute atomic E-state index is 0.0665. The van der Waals surface area contributed by atoms with Gasteiger partial charge in [0.05, 0.1) is 24.0 Å². The number of hydrogen-bond donors (Lipinski definition) is 2. The number of ether oxygens (including phenoxy) is 1. The van der Waals surface area contributed by atoms with Gasteiger partial charge >= 0.3 is 0 Å². The van der Waals surface area contributed by atoms with Crippen molar-refractivity contribution in [1.82, 2.24) is 14.9 Å². The van der Waals surface area contributed by atoms with E-state index >= 15 is 0 Å². The van der Waals surface area contributed by atoms with E-state index in [2.05, 4.69) is 10.3 Å². The quantitative estimate of drug-likeness (QED) is 0.592. The summed E-state index contributed by atoms with van der Waals surface area (Å²) < 4.78 is 6.65. The highest BCUT2D eigenvalue weighted by Crippen LogP contribution is 2.15. The molecular formula is C12H16N4O2. The predicted octanol–water partition coefficient (Wildman–Crippen LogP) is 0.381. The topological polar surface area (TPSA) is 82.2 Å². The number of nitrogen functional groups attached to an aromatic ring is 1. The number of nitrogens with two attached hydrogens (primary N) is 1. The molecule has 2 aromatic rings. The lowest BCUT2D eigenvalue weighted by Gasteiger charge is -2.06. The van der Waals surface area contributed by atoms with Crippen molar-refractivity contribution in [2.75, 3.05) is 26.0 Å². The van der Waals surface area contributed by atoms with E-state index in [1.165, 1.54) is 0 Å². The smallest absolute Gasteiger partial charge is 0.240 e. The van der Waals surface area contributed by atoms with E-state index in [-0.39, 0.29) is 12.5 Å². The van der Waals surface area contributed by atoms with Crippen molar-refractivity contribution in [3.8, 4) is 0 Å². The standard InChI is InChI=1S/C12H16N4O2/c1-18-5-4-14-12(17)7-16-8-15-10-6-9(13)2-3-11(10)16/h2-3,6,8H,4-5,7,13H2,1H3,(H,14,17). The van der Waals surface area contributed by atoms with Crippen molar-refractivity contribution in [3.05, 3.63) is 24.5 Å². The van der Waals surface area contributed by atoms with Gasteiger partial charge in [-0.25, -0.2) is 4.98 Å². The highest BCUT2D eigenvalue weighted by Gasteiger charge is 2.06. The highest BCUT2D eigenvalue weighted by atomic mass is 16.5. The van der Waals surface area contributed by atoms with Crippen LogP contribution in [0.2, 0.25) is 0 Å². The fourth-order valence-electron chi connectivity index (χ4n) is 1.71. The molecule has 0 fully saturated rings. The fraction of sp³-hybridized carbons (Fsp3) is 0.333. The molecule has 0 aliphatic carbocycles. The normalized spacial score (nSPS) is 10.7. The van der Waals surface area contributed by atoms with Gasteiger partial charge in [0, 0.05) is 19.3 Å². The van der Waals surface area contributed by atoms with Gasteiger partial charge in [0.15, 0.2) is 0 Å². The molecule has 6 heteroatoms. The van der Waals surface area contributed by atoms with Crippen LogP contribution in [-0.2, 0) is 16.1 Å². The Balaban J connectivity index is 2.05. The zero-order chi connectivity index (χ0) is 13.0. The average molecular weight is 248 g/mol. The number of nitrogens with zero attached hydrogens (tertiary/aromatic N) is 2. The molecule has 1 aromatic carbocycles. The van der Waals surface area contributed by atoms with Crippen LogP contribution in [0.1, 0.15) is 0 Å². The number of hydrogen-bond acceptors (Lipinski definition) is 4. The molecule has 1 heterocycles. The highest BCUT2D eigenvalue weighted by molar-refractivity contribution is 5.82. The van der Waals surface area contributed by atoms with Crippen LogP contribution in [-0.4, -0.2) is 35.7 Å². The molecule has 96 valence electrons. The van der Waals surface area contributed by atoms with Gasteiger partial charge in [0.2, 0.25) is 5.91 Å². The van der Waals surface area contributed by atoms with Gasteiger partial charge in [0.1, 0.15) is 6.54 Å². The van der Waals surface area contributed by atoms with E-state index in [1.807, 2.05) is 6.07 Å². The summed E-state index contributed by atoms with van der Waals surface area (Å²) in [6, 6.07) is 5.44. The molecule has 6 nitrogen and oxygen atoms in total. The molecule has 1 amide bonds. The maximum Gasteiger partial charge on any atom is 0.240 e. The number of anilines is 1. The molecule has 0 bridgehead atoms. The van der Waals surface area contributed by atoms with Crippen molar-refractivity contribution >= 4 is 22.6 Å². The van der Waals surface area contributed by atoms with Crippen LogP contribution in [0.25, 0.3) is 11.0 Å². The molecule has 0 atom stereocenters. The summed E-state index contributed by atoms with van der Waals surface area (Å²) in [4.78, 5) is 15.9. The van der Waals surface area contributed by atoms with Crippen LogP contribution in [0.5, 0.6) is 0 Å². The van der Waals surface area contributed by atoms with E-state index in [0.717, 1.165) is 11.0 Å². The van der Waals surface area contributed by atoms with E-state index in [0.29, 0.717) is 18.8 Å². The number of methoxy groups -OCH3 is 1. The molecule has 3 N–H and O–H groups in total. The summed E-state index contributed by atoms with van der Waals surface area (Å²) in [7, 11) is 1.60. The van der Waals surface area contributed by atoms with Gasteiger partial charge in [-0.15, -0.1) is 0 Å². The Morgan fingerprint density at radius 1 is 1.56 bits per heavy atom. The Morgan fingerprint density at radius 3 is 3.17 bits per heavy atom. The van der Waals surface area contributed by atoms with Crippen molar-refractivity contribution in [1.29, 1.82) is 0 Å². The second-order valence-corrected chi connectivity index (χ2v) is 3.96. The van der Waals surface area contributed by atoms with Crippen LogP contribution >= 0.6 is 0 Å². The number of fused-ring (bicyclic) bond motifs is 1. The first-order valence-electron chi connectivity index (χ1n) is 5.66. The van der Waals surface area contributed by atoms with Gasteiger partial charge in [0.25, 0.3) is 0 Å². The first-order chi connectivity index (χ1) is 8.70. The zero-order valence-corrected chi connectivity index (χ0v) is 10.2. The summed E-state index contributed by atoms with van der Waals surface area (Å²) in [5.41, 5.74) is 8.02. The first-order valence-corrected chi connectivity index (χ1v) is 5.66. The van der Waals surface area contributed by atoms with Gasteiger partial charge < -0.3 is 20.4 Å². The number of rotatable bonds is 5. The Kier molecular flexibility index (Phi) is 3.78. The molecule has 2 rings (SSSR count). The van der Waals surface area contributed by atoms with Gasteiger partial charge in [-0.2, -0.15) is 0 Å². The van der Waals surface area contributed by atoms with Gasteiger partial charge in [-0.1, -0.05) is 0 Å². The largest absolute Gasteiger partial charge is 0.399 e. The lowest BCUT2D eigenvalue weighted by molar-refractivity contribution is -0.121. The van der Waals surface area contributed by atoms with Crippen molar-refractivity contribution < 1.29 is 9.53 Å². The number of nitrogens with one attached hydrogen (secondary N) is 1. The summed E-state index contributed by atoms with van der Waals surface area (Å²) in [6.07, 6.45) is 1.64. The molecule has 0 spiro atoms. The van der Waals surface area contributed by atoms with Crippen molar-refractivity contribution in [3.63, 3.8) is 0 Å². The summed E-state index contributed by atoms with van der Waals surface area (Å²) in [5.74, 6) is -0.0665. The lowest BCUT2D eigenvalue weighted by Crippen LogP contribution is -2.30. The molecule has 0 unspecified atom stereocenters. The summed E-state index contributed by atoms with van der Waals surface area (Å²) >= 11 is 0. The van der Waals surface area contributed by atoms with E-state index in [4.69, 9.17) is 10.5 Å². The predicted molar refractivity (Wildman–Crippen MR) is 69.0 cm³/mol. The van der Waals surface area contributed by atoms with E-state index in [1.54, 1.807) is 30.1 Å². The molecule has 0 saturated heterocycles. The number of aromatic nitrogens is 2. The van der Waals surface area contributed by atoms with Gasteiger partial charge in [-0.05, 0) is 18.2 Å². The second kappa shape index (κ2) is 5.50. The molecule has 1 aromatic heterocycles. The van der Waals surface area contributed by atoms with Crippen LogP contribution in [0.15, 0.2) is 24.5 Å². The molecule has 0 saturated carbocycles. The Bertz CT molecular complexity index is 550. The number of amides is 1. The number of carbonyl (C=O) groups is 1. The average Bonchev–Trinajstić information content (AvgIpc) is 2.72. The number of imidazole rings is 1. The summed E-state index contributed by atoms with van der Waals surface area (Å²) in [6.45, 7) is 1.26. The van der Waals surface area contributed by atoms with E-state index < -0.39 is 0 Å². The Labute approximate surface area is 105 Å². The zero-order valence-electron chi connectivity index (χ0n) is 10.2. The molecule has 0 aliphatic rings. The monoisotopic (exact) mass is 248 g/mol. The maximum atomic E-state index is 11.7. The Morgan fingerprint density at radius 2 is 2.39 bits per heavy atom. The lowest BCUT2D eigenvalue weighted by atomic mass is 10.3. The third-order valence-electron chi connectivity index (χ3n) is 2.59. The molecular weight excluding hydrogens is 232 g/mol. The van der Waals surface area contributed by atoms with Crippen LogP contribution < -0.4 is 11.1 Å². The van der Waals surface area contributed by atoms with Crippen LogP contribution in [0.4, 0.5) is 5.69 Å². The van der Waals surface area contributed by atoms with E-state index in [9.17, 15) is 4.79 Å². The van der Waals surface area contributed by atoms with Crippen LogP contribution in [0.3, 0.4) is 0 Å².